The fourth-order valence-electron chi connectivity index (χ4n) is 0.204. The molecule has 0 saturated carbocycles. The number of rotatable bonds is 2. The van der Waals surface area contributed by atoms with Crippen LogP contribution < -0.4 is 0 Å². The fraction of sp³-hybridized carbons (Fsp3) is 1.00. The highest BCUT2D eigenvalue weighted by atomic mass is 35.5. The van der Waals surface area contributed by atoms with Crippen molar-refractivity contribution in [3.63, 3.8) is 0 Å². The summed E-state index contributed by atoms with van der Waals surface area (Å²) in [5, 5.41) is 0. The molecule has 3 heteroatoms. The maximum absolute atomic E-state index is 4.83. The smallest absolute Gasteiger partial charge is 0.187 e. The Morgan fingerprint density at radius 1 is 1.14 bits per heavy atom. The first-order valence-electron chi connectivity index (χ1n) is 1.99. The van der Waals surface area contributed by atoms with E-state index in [-0.39, 0.29) is 29.8 Å². The molecule has 0 bridgehead atoms. The van der Waals surface area contributed by atoms with Crippen molar-refractivity contribution in [2.24, 2.45) is 0 Å². The normalized spacial score (nSPS) is 6.00. The third kappa shape index (κ3) is 20.0. The molecule has 0 spiro atoms. The van der Waals surface area contributed by atoms with Crippen molar-refractivity contribution in [2.75, 3.05) is 13.2 Å². The van der Waals surface area contributed by atoms with Gasteiger partial charge in [0.05, 0.1) is 0 Å². The zero-order valence-electron chi connectivity index (χ0n) is 4.23. The van der Waals surface area contributed by atoms with Gasteiger partial charge in [-0.25, -0.2) is 0 Å². The maximum Gasteiger partial charge on any atom is 0.187 e. The quantitative estimate of drug-likeness (QED) is 0.501. The molecule has 0 rings (SSSR count). The molecule has 0 aromatic rings. The van der Waals surface area contributed by atoms with Gasteiger partial charge in [-0.2, -0.15) is 0 Å². The Balaban J connectivity index is -0.0000000800. The first-order valence-corrected chi connectivity index (χ1v) is 1.99. The predicted octanol–water partition coefficient (Wildman–Crippen LogP) is 0.281. The minimum atomic E-state index is 0. The minimum absolute atomic E-state index is 0. The molecule has 0 fully saturated rings. The second-order valence-corrected chi connectivity index (χ2v) is 0.781. The lowest BCUT2D eigenvalue weighted by atomic mass is 10.8. The number of halogens is 1. The number of hydrogen-bond acceptors (Lipinski definition) is 1. The minimum Gasteiger partial charge on any atom is -0.382 e. The van der Waals surface area contributed by atoms with Gasteiger partial charge in [-0.05, 0) is 13.8 Å². The van der Waals surface area contributed by atoms with Gasteiger partial charge in [0, 0.05) is 13.2 Å². The molecule has 0 unspecified atom stereocenters. The maximum atomic E-state index is 4.83. The Morgan fingerprint density at radius 3 is 1.43 bits per heavy atom. The molecular formula is C4H14AlClO. The summed E-state index contributed by atoms with van der Waals surface area (Å²) in [6.45, 7) is 5.67. The second kappa shape index (κ2) is 15.9. The lowest BCUT2D eigenvalue weighted by Crippen LogP contribution is -1.84. The molecule has 0 saturated heterocycles. The van der Waals surface area contributed by atoms with Crippen molar-refractivity contribution in [3.05, 3.63) is 0 Å². The van der Waals surface area contributed by atoms with Crippen LogP contribution in [0.2, 0.25) is 0 Å². The van der Waals surface area contributed by atoms with E-state index in [9.17, 15) is 0 Å². The molecule has 0 amide bonds. The van der Waals surface area contributed by atoms with Crippen molar-refractivity contribution in [2.45, 2.75) is 13.8 Å². The van der Waals surface area contributed by atoms with Crippen LogP contribution in [0.4, 0.5) is 0 Å². The molecule has 0 atom stereocenters. The van der Waals surface area contributed by atoms with Gasteiger partial charge in [0.2, 0.25) is 0 Å². The third-order valence-electron chi connectivity index (χ3n) is 0.408. The molecule has 0 aromatic heterocycles. The first kappa shape index (κ1) is 15.7. The van der Waals surface area contributed by atoms with Crippen molar-refractivity contribution in [1.82, 2.24) is 0 Å². The van der Waals surface area contributed by atoms with E-state index in [0.717, 1.165) is 13.2 Å². The van der Waals surface area contributed by atoms with Crippen LogP contribution in [-0.4, -0.2) is 30.6 Å². The van der Waals surface area contributed by atoms with E-state index >= 15 is 0 Å². The van der Waals surface area contributed by atoms with Gasteiger partial charge in [0.25, 0.3) is 0 Å². The Bertz CT molecular complexity index is 19.2. The third-order valence-corrected chi connectivity index (χ3v) is 0.408. The molecule has 0 aromatic carbocycles. The fourth-order valence-corrected chi connectivity index (χ4v) is 0.204. The topological polar surface area (TPSA) is 9.23 Å². The van der Waals surface area contributed by atoms with Crippen LogP contribution in [0.1, 0.15) is 13.8 Å². The van der Waals surface area contributed by atoms with Crippen LogP contribution in [0.3, 0.4) is 0 Å². The summed E-state index contributed by atoms with van der Waals surface area (Å²) in [4.78, 5) is 0. The summed E-state index contributed by atoms with van der Waals surface area (Å²) in [6.07, 6.45) is 0. The van der Waals surface area contributed by atoms with E-state index in [1.165, 1.54) is 0 Å². The number of hydrogen-bond donors (Lipinski definition) is 0. The standard InChI is InChI=1S/C4H10O.Al.ClH.3H/c1-3-5-4-2;;;;;/h3-4H2,1-2H3;;1H;;;. The van der Waals surface area contributed by atoms with Gasteiger partial charge in [-0.1, -0.05) is 0 Å². The summed E-state index contributed by atoms with van der Waals surface area (Å²) in [5.74, 6) is 0. The predicted molar refractivity (Wildman–Crippen MR) is 39.4 cm³/mol. The van der Waals surface area contributed by atoms with Crippen LogP contribution in [0.5, 0.6) is 0 Å². The molecule has 0 aliphatic carbocycles. The summed E-state index contributed by atoms with van der Waals surface area (Å²) in [5.41, 5.74) is 0. The Kier molecular flexibility index (Phi) is 35.4. The SMILES string of the molecule is CCOCC.Cl.[AlH3]. The van der Waals surface area contributed by atoms with E-state index in [2.05, 4.69) is 0 Å². The van der Waals surface area contributed by atoms with E-state index in [1.807, 2.05) is 13.8 Å². The zero-order chi connectivity index (χ0) is 4.12. The highest BCUT2D eigenvalue weighted by molar-refractivity contribution is 5.85. The van der Waals surface area contributed by atoms with Gasteiger partial charge in [-0.15, -0.1) is 12.4 Å². The van der Waals surface area contributed by atoms with Gasteiger partial charge < -0.3 is 4.74 Å². The largest absolute Gasteiger partial charge is 0.382 e. The average Bonchev–Trinajstić information content (AvgIpc) is 1.41. The summed E-state index contributed by atoms with van der Waals surface area (Å²) in [7, 11) is 0. The van der Waals surface area contributed by atoms with E-state index in [0.29, 0.717) is 0 Å². The lowest BCUT2D eigenvalue weighted by molar-refractivity contribution is 0.162. The zero-order valence-corrected chi connectivity index (χ0v) is 5.05. The van der Waals surface area contributed by atoms with Crippen LogP contribution in [0.25, 0.3) is 0 Å². The molecule has 0 radical (unpaired) electrons. The van der Waals surface area contributed by atoms with Crippen LogP contribution in [0, 0.1) is 0 Å². The number of ether oxygens (including phenoxy) is 1. The van der Waals surface area contributed by atoms with Crippen LogP contribution >= 0.6 is 12.4 Å². The van der Waals surface area contributed by atoms with Crippen molar-refractivity contribution in [1.29, 1.82) is 0 Å². The summed E-state index contributed by atoms with van der Waals surface area (Å²) < 4.78 is 4.83. The van der Waals surface area contributed by atoms with Crippen molar-refractivity contribution in [3.8, 4) is 0 Å². The first-order chi connectivity index (χ1) is 2.41. The molecule has 0 aliphatic heterocycles. The Morgan fingerprint density at radius 2 is 1.43 bits per heavy atom. The van der Waals surface area contributed by atoms with Gasteiger partial charge in [0.15, 0.2) is 17.4 Å². The van der Waals surface area contributed by atoms with Crippen LogP contribution in [0.15, 0.2) is 0 Å². The Hall–Kier alpha value is 0.782. The van der Waals surface area contributed by atoms with E-state index in [1.54, 1.807) is 0 Å². The van der Waals surface area contributed by atoms with Crippen molar-refractivity contribution >= 4 is 29.8 Å². The van der Waals surface area contributed by atoms with Gasteiger partial charge >= 0.3 is 0 Å². The van der Waals surface area contributed by atoms with Gasteiger partial charge in [-0.3, -0.25) is 0 Å². The molecule has 1 nitrogen and oxygen atoms in total. The van der Waals surface area contributed by atoms with Crippen molar-refractivity contribution < 1.29 is 4.74 Å². The molecule has 46 valence electrons. The summed E-state index contributed by atoms with van der Waals surface area (Å²) in [6, 6.07) is 0. The molecule has 0 N–H and O–H groups in total. The molecule has 0 aliphatic rings. The second-order valence-electron chi connectivity index (χ2n) is 0.781. The molecule has 0 heterocycles. The van der Waals surface area contributed by atoms with Crippen LogP contribution in [-0.2, 0) is 4.74 Å². The molecule has 7 heavy (non-hydrogen) atoms. The summed E-state index contributed by atoms with van der Waals surface area (Å²) >= 11 is 0. The lowest BCUT2D eigenvalue weighted by Gasteiger charge is -1.86. The molecular weight excluding hydrogens is 126 g/mol. The highest BCUT2D eigenvalue weighted by Crippen LogP contribution is 1.64. The monoisotopic (exact) mass is 140 g/mol. The Labute approximate surface area is 62.0 Å². The van der Waals surface area contributed by atoms with Gasteiger partial charge in [0.1, 0.15) is 0 Å². The average molecular weight is 141 g/mol. The highest BCUT2D eigenvalue weighted by Gasteiger charge is 1.64. The van der Waals surface area contributed by atoms with E-state index < -0.39 is 0 Å². The van der Waals surface area contributed by atoms with E-state index in [4.69, 9.17) is 4.74 Å².